The van der Waals surface area contributed by atoms with Crippen molar-refractivity contribution >= 4 is 46.3 Å². The van der Waals surface area contributed by atoms with E-state index in [1.807, 2.05) is 42.6 Å². The Bertz CT molecular complexity index is 943. The molecule has 0 aliphatic carbocycles. The molecule has 3 rings (SSSR count). The first-order chi connectivity index (χ1) is 13.5. The molecule has 0 spiro atoms. The molecule has 0 aliphatic heterocycles. The van der Waals surface area contributed by atoms with Crippen molar-refractivity contribution in [1.82, 2.24) is 0 Å². The van der Waals surface area contributed by atoms with Crippen molar-refractivity contribution in [1.29, 1.82) is 0 Å². The summed E-state index contributed by atoms with van der Waals surface area (Å²) in [4.78, 5) is 26.3. The second-order valence-corrected chi connectivity index (χ2v) is 8.19. The Labute approximate surface area is 171 Å². The highest BCUT2D eigenvalue weighted by molar-refractivity contribution is 8.00. The molecule has 28 heavy (non-hydrogen) atoms. The van der Waals surface area contributed by atoms with Crippen molar-refractivity contribution in [2.75, 3.05) is 10.6 Å². The lowest BCUT2D eigenvalue weighted by atomic mass is 10.2. The van der Waals surface area contributed by atoms with Crippen LogP contribution in [-0.4, -0.2) is 17.1 Å². The van der Waals surface area contributed by atoms with Crippen LogP contribution in [0.1, 0.15) is 23.0 Å². The lowest BCUT2D eigenvalue weighted by molar-refractivity contribution is -0.115. The summed E-state index contributed by atoms with van der Waals surface area (Å²) < 4.78 is 13.0. The maximum Gasteiger partial charge on any atom is 0.265 e. The molecule has 1 atom stereocenters. The van der Waals surface area contributed by atoms with Crippen LogP contribution >= 0.6 is 23.1 Å². The van der Waals surface area contributed by atoms with Crippen LogP contribution in [0.4, 0.5) is 15.8 Å². The highest BCUT2D eigenvalue weighted by Gasteiger charge is 2.18. The van der Waals surface area contributed by atoms with Gasteiger partial charge >= 0.3 is 0 Å². The van der Waals surface area contributed by atoms with E-state index >= 15 is 0 Å². The zero-order valence-electron chi connectivity index (χ0n) is 15.1. The summed E-state index contributed by atoms with van der Waals surface area (Å²) in [7, 11) is 0. The van der Waals surface area contributed by atoms with Gasteiger partial charge in [-0.2, -0.15) is 0 Å². The van der Waals surface area contributed by atoms with Crippen LogP contribution in [0.25, 0.3) is 0 Å². The molecule has 7 heteroatoms. The number of benzene rings is 2. The number of halogens is 1. The number of amides is 2. The Balaban J connectivity index is 1.64. The van der Waals surface area contributed by atoms with Crippen molar-refractivity contribution in [2.45, 2.75) is 23.5 Å². The van der Waals surface area contributed by atoms with E-state index in [1.54, 1.807) is 6.07 Å². The molecule has 2 amide bonds. The molecule has 1 heterocycles. The van der Waals surface area contributed by atoms with E-state index < -0.39 is 0 Å². The van der Waals surface area contributed by atoms with E-state index in [1.165, 1.54) is 47.4 Å². The van der Waals surface area contributed by atoms with E-state index in [-0.39, 0.29) is 22.9 Å². The van der Waals surface area contributed by atoms with Gasteiger partial charge in [-0.3, -0.25) is 9.59 Å². The minimum absolute atomic E-state index is 0.146. The molecule has 0 aliphatic rings. The van der Waals surface area contributed by atoms with Gasteiger partial charge < -0.3 is 10.6 Å². The van der Waals surface area contributed by atoms with Crippen molar-refractivity contribution in [3.63, 3.8) is 0 Å². The van der Waals surface area contributed by atoms with Gasteiger partial charge in [0.25, 0.3) is 5.91 Å². The van der Waals surface area contributed by atoms with Crippen molar-refractivity contribution in [3.05, 3.63) is 76.7 Å². The molecule has 0 fully saturated rings. The van der Waals surface area contributed by atoms with E-state index in [9.17, 15) is 14.0 Å². The summed E-state index contributed by atoms with van der Waals surface area (Å²) in [6.45, 7) is 1.93. The Morgan fingerprint density at radius 1 is 1.04 bits per heavy atom. The van der Waals surface area contributed by atoms with E-state index in [0.717, 1.165) is 4.90 Å². The average Bonchev–Trinajstić information content (AvgIpc) is 3.23. The van der Waals surface area contributed by atoms with Crippen LogP contribution in [0, 0.1) is 5.82 Å². The summed E-state index contributed by atoms with van der Waals surface area (Å²) in [6, 6.07) is 16.7. The lowest BCUT2D eigenvalue weighted by Gasteiger charge is -2.15. The molecule has 4 nitrogen and oxygen atoms in total. The predicted molar refractivity (Wildman–Crippen MR) is 114 cm³/mol. The highest BCUT2D eigenvalue weighted by Crippen LogP contribution is 2.29. The molecule has 0 saturated carbocycles. The quantitative estimate of drug-likeness (QED) is 0.491. The molecule has 1 aromatic heterocycles. The number of anilines is 2. The summed E-state index contributed by atoms with van der Waals surface area (Å²) >= 11 is 2.80. The molecule has 2 aromatic carbocycles. The Morgan fingerprint density at radius 2 is 1.82 bits per heavy atom. The first-order valence-electron chi connectivity index (χ1n) is 8.73. The van der Waals surface area contributed by atoms with Crippen molar-refractivity contribution in [2.24, 2.45) is 0 Å². The summed E-state index contributed by atoms with van der Waals surface area (Å²) in [5.41, 5.74) is 1.24. The zero-order chi connectivity index (χ0) is 19.9. The molecule has 0 radical (unpaired) electrons. The number of nitrogens with one attached hydrogen (secondary N) is 2. The van der Waals surface area contributed by atoms with E-state index in [4.69, 9.17) is 0 Å². The number of thiophene rings is 1. The minimum Gasteiger partial charge on any atom is -0.325 e. The Kier molecular flexibility index (Phi) is 6.84. The standard InChI is InChI=1S/C21H19FN2O2S2/c1-2-18(20(25)23-15-10-8-14(22)9-11-15)28-17-6-3-5-16(13-17)24-21(26)19-7-4-12-27-19/h3-13,18H,2H2,1H3,(H,23,25)(H,24,26). The van der Waals surface area contributed by atoms with Crippen LogP contribution in [-0.2, 0) is 4.79 Å². The number of carbonyl (C=O) groups is 2. The molecular weight excluding hydrogens is 395 g/mol. The van der Waals surface area contributed by atoms with Gasteiger partial charge in [-0.05, 0) is 60.3 Å². The SMILES string of the molecule is CCC(Sc1cccc(NC(=O)c2cccs2)c1)C(=O)Nc1ccc(F)cc1. The van der Waals surface area contributed by atoms with Gasteiger partial charge in [0, 0.05) is 16.3 Å². The molecule has 3 aromatic rings. The fourth-order valence-electron chi connectivity index (χ4n) is 2.49. The zero-order valence-corrected chi connectivity index (χ0v) is 16.8. The monoisotopic (exact) mass is 414 g/mol. The third-order valence-electron chi connectivity index (χ3n) is 3.89. The summed E-state index contributed by atoms with van der Waals surface area (Å²) in [6.07, 6.45) is 0.628. The lowest BCUT2D eigenvalue weighted by Crippen LogP contribution is -2.24. The molecule has 2 N–H and O–H groups in total. The van der Waals surface area contributed by atoms with Gasteiger partial charge in [0.15, 0.2) is 0 Å². The number of rotatable bonds is 7. The first-order valence-corrected chi connectivity index (χ1v) is 10.5. The molecule has 0 saturated heterocycles. The number of carbonyl (C=O) groups excluding carboxylic acids is 2. The fourth-order valence-corrected chi connectivity index (χ4v) is 4.12. The van der Waals surface area contributed by atoms with Crippen LogP contribution in [0.15, 0.2) is 70.9 Å². The number of thioether (sulfide) groups is 1. The average molecular weight is 415 g/mol. The van der Waals surface area contributed by atoms with Crippen LogP contribution < -0.4 is 10.6 Å². The second kappa shape index (κ2) is 9.52. The Hall–Kier alpha value is -2.64. The smallest absolute Gasteiger partial charge is 0.265 e. The minimum atomic E-state index is -0.346. The van der Waals surface area contributed by atoms with Crippen LogP contribution in [0.2, 0.25) is 0 Å². The maximum absolute atomic E-state index is 13.0. The van der Waals surface area contributed by atoms with Gasteiger partial charge in [0.1, 0.15) is 5.82 Å². The largest absolute Gasteiger partial charge is 0.325 e. The maximum atomic E-state index is 13.0. The van der Waals surface area contributed by atoms with Crippen molar-refractivity contribution < 1.29 is 14.0 Å². The molecule has 0 bridgehead atoms. The topological polar surface area (TPSA) is 58.2 Å². The Morgan fingerprint density at radius 3 is 2.50 bits per heavy atom. The van der Waals surface area contributed by atoms with Gasteiger partial charge in [-0.15, -0.1) is 23.1 Å². The van der Waals surface area contributed by atoms with Crippen LogP contribution in [0.3, 0.4) is 0 Å². The molecule has 144 valence electrons. The van der Waals surface area contributed by atoms with Crippen molar-refractivity contribution in [3.8, 4) is 0 Å². The second-order valence-electron chi connectivity index (χ2n) is 5.97. The summed E-state index contributed by atoms with van der Waals surface area (Å²) in [5.74, 6) is -0.647. The van der Waals surface area contributed by atoms with E-state index in [0.29, 0.717) is 22.7 Å². The predicted octanol–water partition coefficient (Wildman–Crippen LogP) is 5.65. The number of hydrogen-bond acceptors (Lipinski definition) is 4. The highest BCUT2D eigenvalue weighted by atomic mass is 32.2. The summed E-state index contributed by atoms with van der Waals surface area (Å²) in [5, 5.41) is 7.23. The van der Waals surface area contributed by atoms with Crippen LogP contribution in [0.5, 0.6) is 0 Å². The van der Waals surface area contributed by atoms with E-state index in [2.05, 4.69) is 10.6 Å². The molecule has 1 unspecified atom stereocenters. The van der Waals surface area contributed by atoms with Gasteiger partial charge in [0.2, 0.25) is 5.91 Å². The first kappa shape index (κ1) is 20.1. The van der Waals surface area contributed by atoms with Gasteiger partial charge in [-0.1, -0.05) is 19.1 Å². The fraction of sp³-hybridized carbons (Fsp3) is 0.143. The van der Waals surface area contributed by atoms with Gasteiger partial charge in [0.05, 0.1) is 10.1 Å². The van der Waals surface area contributed by atoms with Gasteiger partial charge in [-0.25, -0.2) is 4.39 Å². The third kappa shape index (κ3) is 5.43. The third-order valence-corrected chi connectivity index (χ3v) is 6.12. The normalized spacial score (nSPS) is 11.6. The molecular formula is C21H19FN2O2S2. The number of hydrogen-bond donors (Lipinski definition) is 2.